The van der Waals surface area contributed by atoms with Crippen LogP contribution in [0.15, 0.2) is 12.2 Å². The molecule has 4 nitrogen and oxygen atoms in total. The van der Waals surface area contributed by atoms with E-state index in [0.717, 1.165) is 12.8 Å². The van der Waals surface area contributed by atoms with Crippen LogP contribution in [-0.2, 0) is 0 Å². The van der Waals surface area contributed by atoms with Crippen LogP contribution in [0.5, 0.6) is 0 Å². The lowest BCUT2D eigenvalue weighted by atomic mass is 9.41. The molecule has 0 aromatic heterocycles. The molecule has 4 aliphatic rings. The Hall–Kier alpha value is -0.420. The molecule has 4 saturated carbocycles. The molecular formula is C26H44O4. The largest absolute Gasteiger partial charge is 0.393 e. The highest BCUT2D eigenvalue weighted by Crippen LogP contribution is 2.69. The van der Waals surface area contributed by atoms with Crippen LogP contribution >= 0.6 is 0 Å². The van der Waals surface area contributed by atoms with Crippen LogP contribution in [0.25, 0.3) is 0 Å². The summed E-state index contributed by atoms with van der Waals surface area (Å²) in [6.07, 6.45) is 7.95. The van der Waals surface area contributed by atoms with Gasteiger partial charge in [-0.1, -0.05) is 46.8 Å². The molecule has 0 bridgehead atoms. The van der Waals surface area contributed by atoms with Gasteiger partial charge in [-0.2, -0.15) is 0 Å². The summed E-state index contributed by atoms with van der Waals surface area (Å²) in [6.45, 7) is 11.3. The Labute approximate surface area is 182 Å². The average Bonchev–Trinajstić information content (AvgIpc) is 3.01. The third-order valence-corrected chi connectivity index (χ3v) is 10.4. The molecule has 4 heteroatoms. The SMILES string of the molecule is CC(C)/C=C/[C@@H](C)[C@H]1CCC2C3C[C@@H](O)[C@@]4(O)C[C@@H](O)C[C@@H](O)[C@]4(C)C3CC[C@@]21C. The molecule has 4 rings (SSSR count). The zero-order chi connectivity index (χ0) is 22.1. The molecule has 30 heavy (non-hydrogen) atoms. The molecule has 0 amide bonds. The summed E-state index contributed by atoms with van der Waals surface area (Å²) in [6, 6.07) is 0. The van der Waals surface area contributed by atoms with Gasteiger partial charge in [0.25, 0.3) is 0 Å². The quantitative estimate of drug-likeness (QED) is 0.522. The van der Waals surface area contributed by atoms with E-state index >= 15 is 0 Å². The molecule has 172 valence electrons. The Morgan fingerprint density at radius 2 is 1.57 bits per heavy atom. The molecule has 0 aromatic carbocycles. The van der Waals surface area contributed by atoms with Crippen LogP contribution in [0.4, 0.5) is 0 Å². The second-order valence-electron chi connectivity index (χ2n) is 12.2. The highest BCUT2D eigenvalue weighted by molar-refractivity contribution is 5.19. The summed E-state index contributed by atoms with van der Waals surface area (Å²) < 4.78 is 0. The van der Waals surface area contributed by atoms with Crippen LogP contribution in [0, 0.1) is 46.3 Å². The molecule has 0 spiro atoms. The van der Waals surface area contributed by atoms with Gasteiger partial charge in [-0.25, -0.2) is 0 Å². The first kappa shape index (κ1) is 22.8. The molecule has 0 saturated heterocycles. The van der Waals surface area contributed by atoms with Crippen molar-refractivity contribution in [2.75, 3.05) is 0 Å². The van der Waals surface area contributed by atoms with Gasteiger partial charge in [0.05, 0.1) is 18.3 Å². The average molecular weight is 421 g/mol. The van der Waals surface area contributed by atoms with Gasteiger partial charge in [0.15, 0.2) is 0 Å². The van der Waals surface area contributed by atoms with Crippen molar-refractivity contribution in [3.05, 3.63) is 12.2 Å². The van der Waals surface area contributed by atoms with Crippen LogP contribution in [-0.4, -0.2) is 44.3 Å². The van der Waals surface area contributed by atoms with Gasteiger partial charge in [0.1, 0.15) is 5.60 Å². The van der Waals surface area contributed by atoms with Gasteiger partial charge in [-0.15, -0.1) is 0 Å². The number of hydrogen-bond acceptors (Lipinski definition) is 4. The van der Waals surface area contributed by atoms with E-state index in [2.05, 4.69) is 39.8 Å². The molecule has 0 heterocycles. The van der Waals surface area contributed by atoms with Gasteiger partial charge in [0, 0.05) is 11.8 Å². The van der Waals surface area contributed by atoms with Crippen molar-refractivity contribution < 1.29 is 20.4 Å². The minimum atomic E-state index is -1.40. The zero-order valence-corrected chi connectivity index (χ0v) is 19.6. The van der Waals surface area contributed by atoms with Crippen molar-refractivity contribution in [1.82, 2.24) is 0 Å². The number of fused-ring (bicyclic) bond motifs is 5. The third kappa shape index (κ3) is 3.08. The predicted molar refractivity (Wildman–Crippen MR) is 119 cm³/mol. The lowest BCUT2D eigenvalue weighted by Gasteiger charge is -2.66. The van der Waals surface area contributed by atoms with E-state index in [0.29, 0.717) is 42.4 Å². The predicted octanol–water partition coefficient (Wildman–Crippen LogP) is 3.91. The summed E-state index contributed by atoms with van der Waals surface area (Å²) in [5.74, 6) is 2.85. The Bertz CT molecular complexity index is 676. The van der Waals surface area contributed by atoms with E-state index in [1.54, 1.807) is 0 Å². The van der Waals surface area contributed by atoms with Crippen molar-refractivity contribution in [3.63, 3.8) is 0 Å². The fourth-order valence-electron chi connectivity index (χ4n) is 8.77. The number of aliphatic hydroxyl groups is 4. The molecule has 4 aliphatic carbocycles. The highest BCUT2D eigenvalue weighted by Gasteiger charge is 2.70. The second kappa shape index (κ2) is 7.57. The summed E-state index contributed by atoms with van der Waals surface area (Å²) in [5.41, 5.74) is -1.89. The summed E-state index contributed by atoms with van der Waals surface area (Å²) in [7, 11) is 0. The molecule has 0 aromatic rings. The first-order valence-electron chi connectivity index (χ1n) is 12.4. The maximum absolute atomic E-state index is 11.6. The van der Waals surface area contributed by atoms with Crippen molar-refractivity contribution in [2.45, 2.75) is 103 Å². The molecule has 0 aliphatic heterocycles. The van der Waals surface area contributed by atoms with Crippen LogP contribution < -0.4 is 0 Å². The maximum Gasteiger partial charge on any atom is 0.101 e. The molecular weight excluding hydrogens is 376 g/mol. The van der Waals surface area contributed by atoms with Crippen LogP contribution in [0.3, 0.4) is 0 Å². The molecule has 4 fully saturated rings. The molecule has 4 N–H and O–H groups in total. The van der Waals surface area contributed by atoms with Crippen molar-refractivity contribution in [3.8, 4) is 0 Å². The van der Waals surface area contributed by atoms with Crippen LogP contribution in [0.2, 0.25) is 0 Å². The normalized spacial score (nSPS) is 54.7. The fraction of sp³-hybridized carbons (Fsp3) is 0.923. The Kier molecular flexibility index (Phi) is 5.75. The Balaban J connectivity index is 1.64. The number of aliphatic hydroxyl groups excluding tert-OH is 3. The minimum absolute atomic E-state index is 0.173. The molecule has 3 unspecified atom stereocenters. The number of hydrogen-bond donors (Lipinski definition) is 4. The maximum atomic E-state index is 11.6. The lowest BCUT2D eigenvalue weighted by Crippen LogP contribution is -2.72. The standard InChI is InChI=1S/C26H44O4/c1-15(2)6-7-16(3)19-8-9-20-18-13-23(29)26(30)14-17(27)12-22(28)25(26,5)21(18)10-11-24(19,20)4/h6-7,15-23,27-30H,8-14H2,1-5H3/b7-6+/t16-,17+,18?,19-,20?,21?,22-,23-,24-,25+,26+/m1/s1. The first-order valence-corrected chi connectivity index (χ1v) is 12.4. The van der Waals surface area contributed by atoms with Gasteiger partial charge in [-0.05, 0) is 79.4 Å². The van der Waals surface area contributed by atoms with Gasteiger partial charge in [-0.3, -0.25) is 0 Å². The van der Waals surface area contributed by atoms with Crippen molar-refractivity contribution in [2.24, 2.45) is 46.3 Å². The number of allylic oxidation sites excluding steroid dienone is 2. The zero-order valence-electron chi connectivity index (χ0n) is 19.6. The van der Waals surface area contributed by atoms with Crippen molar-refractivity contribution >= 4 is 0 Å². The van der Waals surface area contributed by atoms with E-state index in [4.69, 9.17) is 0 Å². The van der Waals surface area contributed by atoms with E-state index < -0.39 is 29.3 Å². The topological polar surface area (TPSA) is 80.9 Å². The minimum Gasteiger partial charge on any atom is -0.393 e. The summed E-state index contributed by atoms with van der Waals surface area (Å²) in [4.78, 5) is 0. The van der Waals surface area contributed by atoms with E-state index in [1.807, 2.05) is 6.92 Å². The summed E-state index contributed by atoms with van der Waals surface area (Å²) in [5, 5.41) is 44.1. The van der Waals surface area contributed by atoms with E-state index in [9.17, 15) is 20.4 Å². The Morgan fingerprint density at radius 1 is 0.867 bits per heavy atom. The molecule has 0 radical (unpaired) electrons. The third-order valence-electron chi connectivity index (χ3n) is 10.4. The van der Waals surface area contributed by atoms with Gasteiger partial charge < -0.3 is 20.4 Å². The summed E-state index contributed by atoms with van der Waals surface area (Å²) >= 11 is 0. The second-order valence-corrected chi connectivity index (χ2v) is 12.2. The monoisotopic (exact) mass is 420 g/mol. The first-order chi connectivity index (χ1) is 13.9. The Morgan fingerprint density at radius 3 is 2.23 bits per heavy atom. The van der Waals surface area contributed by atoms with E-state index in [1.165, 1.54) is 12.8 Å². The van der Waals surface area contributed by atoms with Gasteiger partial charge >= 0.3 is 0 Å². The van der Waals surface area contributed by atoms with Gasteiger partial charge in [0.2, 0.25) is 0 Å². The van der Waals surface area contributed by atoms with Crippen molar-refractivity contribution in [1.29, 1.82) is 0 Å². The fourth-order valence-corrected chi connectivity index (χ4v) is 8.77. The number of rotatable bonds is 3. The lowest BCUT2D eigenvalue weighted by molar-refractivity contribution is -0.294. The van der Waals surface area contributed by atoms with E-state index in [-0.39, 0.29) is 17.8 Å². The van der Waals surface area contributed by atoms with Crippen LogP contribution in [0.1, 0.15) is 79.6 Å². The highest BCUT2D eigenvalue weighted by atomic mass is 16.4. The molecule has 11 atom stereocenters. The smallest absolute Gasteiger partial charge is 0.101 e.